The largest absolute Gasteiger partial charge is 0.497 e. The summed E-state index contributed by atoms with van der Waals surface area (Å²) in [4.78, 5) is 8.57. The van der Waals surface area contributed by atoms with Gasteiger partial charge in [-0.25, -0.2) is 4.98 Å². The van der Waals surface area contributed by atoms with E-state index in [-0.39, 0.29) is 0 Å². The average Bonchev–Trinajstić information content (AvgIpc) is 3.36. The minimum absolute atomic E-state index is 0.400. The van der Waals surface area contributed by atoms with Crippen molar-refractivity contribution >= 4 is 0 Å². The third-order valence-electron chi connectivity index (χ3n) is 4.19. The Morgan fingerprint density at radius 1 is 1.04 bits per heavy atom. The summed E-state index contributed by atoms with van der Waals surface area (Å²) < 4.78 is 17.9. The lowest BCUT2D eigenvalue weighted by Crippen LogP contribution is -1.93. The Bertz CT molecular complexity index is 1080. The molecule has 7 heteroatoms. The predicted molar refractivity (Wildman–Crippen MR) is 100 cm³/mol. The number of hydrogen-bond donors (Lipinski definition) is 0. The van der Waals surface area contributed by atoms with Crippen LogP contribution in [0, 0.1) is 6.92 Å². The summed E-state index contributed by atoms with van der Waals surface area (Å²) in [7, 11) is 3.30. The van der Waals surface area contributed by atoms with Gasteiger partial charge in [0.25, 0.3) is 5.89 Å². The first-order valence-electron chi connectivity index (χ1n) is 8.35. The van der Waals surface area contributed by atoms with Crippen molar-refractivity contribution in [2.45, 2.75) is 6.92 Å². The lowest BCUT2D eigenvalue weighted by atomic mass is 10.0. The van der Waals surface area contributed by atoms with Crippen LogP contribution in [0.4, 0.5) is 0 Å². The number of hydrogen-bond acceptors (Lipinski definition) is 6. The van der Waals surface area contributed by atoms with Crippen molar-refractivity contribution in [2.75, 3.05) is 14.2 Å². The molecular formula is C20H18N4O3. The van der Waals surface area contributed by atoms with E-state index in [1.165, 1.54) is 0 Å². The fourth-order valence-corrected chi connectivity index (χ4v) is 2.85. The summed E-state index contributed by atoms with van der Waals surface area (Å²) in [6, 6.07) is 13.8. The Morgan fingerprint density at radius 2 is 1.93 bits per heavy atom. The van der Waals surface area contributed by atoms with Gasteiger partial charge in [-0.2, -0.15) is 4.98 Å². The summed E-state index contributed by atoms with van der Waals surface area (Å²) in [5, 5.41) is 3.80. The topological polar surface area (TPSA) is 75.2 Å². The Labute approximate surface area is 156 Å². The van der Waals surface area contributed by atoms with E-state index in [1.54, 1.807) is 27.5 Å². The summed E-state index contributed by atoms with van der Waals surface area (Å²) in [6.07, 6.45) is 3.58. The van der Waals surface area contributed by atoms with E-state index >= 15 is 0 Å². The van der Waals surface area contributed by atoms with E-state index in [0.29, 0.717) is 17.4 Å². The van der Waals surface area contributed by atoms with Gasteiger partial charge >= 0.3 is 0 Å². The molecule has 2 aromatic heterocycles. The number of methoxy groups -OCH3 is 2. The molecule has 0 spiro atoms. The number of aryl methyl sites for hydroxylation is 1. The molecule has 0 aliphatic rings. The van der Waals surface area contributed by atoms with Gasteiger partial charge in [0.05, 0.1) is 14.2 Å². The third kappa shape index (κ3) is 3.27. The summed E-state index contributed by atoms with van der Waals surface area (Å²) in [6.45, 7) is 1.77. The maximum absolute atomic E-state index is 5.51. The minimum Gasteiger partial charge on any atom is -0.497 e. The molecule has 0 fully saturated rings. The van der Waals surface area contributed by atoms with Crippen LogP contribution in [0.15, 0.2) is 59.5 Å². The molecule has 2 heterocycles. The molecule has 0 aliphatic heterocycles. The van der Waals surface area contributed by atoms with Crippen molar-refractivity contribution < 1.29 is 14.0 Å². The van der Waals surface area contributed by atoms with Crippen LogP contribution in [-0.2, 0) is 0 Å². The molecule has 4 rings (SSSR count). The van der Waals surface area contributed by atoms with Gasteiger partial charge in [0.15, 0.2) is 5.82 Å². The van der Waals surface area contributed by atoms with Gasteiger partial charge in [-0.05, 0) is 42.8 Å². The van der Waals surface area contributed by atoms with E-state index < -0.39 is 0 Å². The zero-order chi connectivity index (χ0) is 18.8. The molecular weight excluding hydrogens is 344 g/mol. The molecule has 27 heavy (non-hydrogen) atoms. The van der Waals surface area contributed by atoms with Crippen LogP contribution in [0.2, 0.25) is 0 Å². The van der Waals surface area contributed by atoms with Crippen LogP contribution in [0.5, 0.6) is 11.5 Å². The SMILES string of the molecule is COc1ccc(OC)c(-c2cccc(-n3cnc(-c4nc(C)no4)c3)c2)c1. The highest BCUT2D eigenvalue weighted by molar-refractivity contribution is 5.73. The van der Waals surface area contributed by atoms with Crippen LogP contribution in [0.1, 0.15) is 5.82 Å². The second kappa shape index (κ2) is 6.95. The van der Waals surface area contributed by atoms with Gasteiger partial charge < -0.3 is 18.6 Å². The molecule has 0 saturated heterocycles. The molecule has 0 atom stereocenters. The van der Waals surface area contributed by atoms with Gasteiger partial charge in [-0.1, -0.05) is 17.3 Å². The standard InChI is InChI=1S/C20H18N4O3/c1-13-22-20(27-23-13)18-11-24(12-21-18)15-6-4-5-14(9-15)17-10-16(25-2)7-8-19(17)26-3/h4-12H,1-3H3. The van der Waals surface area contributed by atoms with Crippen molar-refractivity contribution in [2.24, 2.45) is 0 Å². The van der Waals surface area contributed by atoms with Crippen LogP contribution >= 0.6 is 0 Å². The van der Waals surface area contributed by atoms with Crippen LogP contribution < -0.4 is 9.47 Å². The first-order chi connectivity index (χ1) is 13.2. The fraction of sp³-hybridized carbons (Fsp3) is 0.150. The highest BCUT2D eigenvalue weighted by Crippen LogP contribution is 2.34. The molecule has 0 saturated carbocycles. The van der Waals surface area contributed by atoms with E-state index in [0.717, 1.165) is 28.3 Å². The lowest BCUT2D eigenvalue weighted by Gasteiger charge is -2.12. The monoisotopic (exact) mass is 362 g/mol. The lowest BCUT2D eigenvalue weighted by molar-refractivity contribution is 0.404. The molecule has 0 bridgehead atoms. The first-order valence-corrected chi connectivity index (χ1v) is 8.35. The maximum atomic E-state index is 5.51. The number of imidazole rings is 1. The predicted octanol–water partition coefficient (Wildman–Crippen LogP) is 3.91. The summed E-state index contributed by atoms with van der Waals surface area (Å²) in [5.74, 6) is 2.53. The van der Waals surface area contributed by atoms with Gasteiger partial charge in [0, 0.05) is 17.4 Å². The number of nitrogens with zero attached hydrogens (tertiary/aromatic N) is 4. The van der Waals surface area contributed by atoms with Crippen LogP contribution in [0.25, 0.3) is 28.4 Å². The van der Waals surface area contributed by atoms with E-state index in [2.05, 4.69) is 21.2 Å². The van der Waals surface area contributed by atoms with Crippen molar-refractivity contribution in [1.29, 1.82) is 0 Å². The smallest absolute Gasteiger partial charge is 0.278 e. The second-order valence-corrected chi connectivity index (χ2v) is 5.93. The number of rotatable bonds is 5. The van der Waals surface area contributed by atoms with E-state index in [1.807, 2.05) is 47.2 Å². The van der Waals surface area contributed by atoms with Gasteiger partial charge in [-0.3, -0.25) is 0 Å². The number of benzene rings is 2. The van der Waals surface area contributed by atoms with Crippen LogP contribution in [-0.4, -0.2) is 33.9 Å². The Balaban J connectivity index is 1.73. The third-order valence-corrected chi connectivity index (χ3v) is 4.19. The molecule has 0 N–H and O–H groups in total. The zero-order valence-corrected chi connectivity index (χ0v) is 15.2. The summed E-state index contributed by atoms with van der Waals surface area (Å²) >= 11 is 0. The quantitative estimate of drug-likeness (QED) is 0.536. The average molecular weight is 362 g/mol. The second-order valence-electron chi connectivity index (χ2n) is 5.93. The van der Waals surface area contributed by atoms with Gasteiger partial charge in [0.2, 0.25) is 0 Å². The number of ether oxygens (including phenoxy) is 2. The highest BCUT2D eigenvalue weighted by atomic mass is 16.5. The van der Waals surface area contributed by atoms with Crippen molar-refractivity contribution in [3.63, 3.8) is 0 Å². The maximum Gasteiger partial charge on any atom is 0.278 e. The fourth-order valence-electron chi connectivity index (χ4n) is 2.85. The molecule has 0 aliphatic carbocycles. The zero-order valence-electron chi connectivity index (χ0n) is 15.2. The van der Waals surface area contributed by atoms with Crippen molar-refractivity contribution in [1.82, 2.24) is 19.7 Å². The molecule has 0 radical (unpaired) electrons. The van der Waals surface area contributed by atoms with Gasteiger partial charge in [0.1, 0.15) is 23.5 Å². The molecule has 2 aromatic carbocycles. The van der Waals surface area contributed by atoms with E-state index in [9.17, 15) is 0 Å². The molecule has 136 valence electrons. The van der Waals surface area contributed by atoms with E-state index in [4.69, 9.17) is 14.0 Å². The number of aromatic nitrogens is 4. The Kier molecular flexibility index (Phi) is 4.33. The summed E-state index contributed by atoms with van der Waals surface area (Å²) in [5.41, 5.74) is 3.53. The first kappa shape index (κ1) is 16.8. The molecule has 4 aromatic rings. The Hall–Kier alpha value is -3.61. The highest BCUT2D eigenvalue weighted by Gasteiger charge is 2.12. The molecule has 0 unspecified atom stereocenters. The van der Waals surface area contributed by atoms with Crippen LogP contribution in [0.3, 0.4) is 0 Å². The van der Waals surface area contributed by atoms with Crippen molar-refractivity contribution in [3.8, 4) is 39.9 Å². The minimum atomic E-state index is 0.400. The van der Waals surface area contributed by atoms with Gasteiger partial charge in [-0.15, -0.1) is 0 Å². The molecule has 7 nitrogen and oxygen atoms in total. The van der Waals surface area contributed by atoms with Crippen molar-refractivity contribution in [3.05, 3.63) is 60.8 Å². The normalized spacial score (nSPS) is 10.8. The molecule has 0 amide bonds. The Morgan fingerprint density at radius 3 is 2.67 bits per heavy atom.